The molecule has 3 heterocycles. The van der Waals surface area contributed by atoms with Gasteiger partial charge in [-0.25, -0.2) is 4.98 Å². The Balaban J connectivity index is 1.56. The van der Waals surface area contributed by atoms with Crippen LogP contribution in [0.2, 0.25) is 0 Å². The molecule has 0 unspecified atom stereocenters. The summed E-state index contributed by atoms with van der Waals surface area (Å²) in [4.78, 5) is 22.5. The van der Waals surface area contributed by atoms with E-state index in [2.05, 4.69) is 9.97 Å². The highest BCUT2D eigenvalue weighted by molar-refractivity contribution is 5.68. The largest absolute Gasteiger partial charge is 0.481 e. The van der Waals surface area contributed by atoms with E-state index in [0.29, 0.717) is 19.6 Å². The zero-order chi connectivity index (χ0) is 17.9. The Morgan fingerprint density at radius 2 is 2.00 bits per heavy atom. The summed E-state index contributed by atoms with van der Waals surface area (Å²) in [6.45, 7) is 3.72. The molecule has 1 aromatic rings. The fourth-order valence-corrected chi connectivity index (χ4v) is 4.01. The standard InChI is InChI=1S/C16H19F3N4O2/c1-8-2-3-23(8)15-20-12(16(17,18)19)5-13(21-15)22-6-10-9(4-14(24)25)11(10)7-22/h5,8-11H,2-4,6-7H2,1H3,(H,24,25)/t8-,9-,10+,11-/m0/s1. The molecule has 1 aromatic heterocycles. The van der Waals surface area contributed by atoms with Gasteiger partial charge in [-0.3, -0.25) is 4.79 Å². The molecule has 25 heavy (non-hydrogen) atoms. The molecule has 136 valence electrons. The van der Waals surface area contributed by atoms with Gasteiger partial charge in [-0.1, -0.05) is 0 Å². The number of piperidine rings is 1. The predicted molar refractivity (Wildman–Crippen MR) is 83.4 cm³/mol. The highest BCUT2D eigenvalue weighted by Crippen LogP contribution is 2.54. The van der Waals surface area contributed by atoms with Crippen LogP contribution >= 0.6 is 0 Å². The topological polar surface area (TPSA) is 69.6 Å². The first-order chi connectivity index (χ1) is 11.7. The number of hydrogen-bond donors (Lipinski definition) is 1. The van der Waals surface area contributed by atoms with Crippen molar-refractivity contribution in [1.29, 1.82) is 0 Å². The Labute approximate surface area is 142 Å². The summed E-state index contributed by atoms with van der Waals surface area (Å²) in [5.41, 5.74) is -0.922. The lowest BCUT2D eigenvalue weighted by atomic mass is 10.1. The minimum Gasteiger partial charge on any atom is -0.481 e. The predicted octanol–water partition coefficient (Wildman–Crippen LogP) is 2.25. The zero-order valence-electron chi connectivity index (χ0n) is 13.7. The highest BCUT2D eigenvalue weighted by Gasteiger charge is 2.56. The normalized spacial score (nSPS) is 30.9. The Morgan fingerprint density at radius 1 is 1.32 bits per heavy atom. The number of nitrogens with zero attached hydrogens (tertiary/aromatic N) is 4. The van der Waals surface area contributed by atoms with Gasteiger partial charge in [0.1, 0.15) is 5.82 Å². The summed E-state index contributed by atoms with van der Waals surface area (Å²) in [6, 6.07) is 1.15. The molecular weight excluding hydrogens is 337 g/mol. The molecule has 0 spiro atoms. The second kappa shape index (κ2) is 5.47. The molecule has 1 N–H and O–H groups in total. The van der Waals surface area contributed by atoms with E-state index in [0.717, 1.165) is 12.5 Å². The van der Waals surface area contributed by atoms with Crippen molar-refractivity contribution in [1.82, 2.24) is 9.97 Å². The third kappa shape index (κ3) is 2.89. The van der Waals surface area contributed by atoms with E-state index in [1.165, 1.54) is 0 Å². The molecule has 6 nitrogen and oxygen atoms in total. The van der Waals surface area contributed by atoms with Crippen LogP contribution in [0.15, 0.2) is 6.07 Å². The number of alkyl halides is 3. The number of carboxylic acid groups (broad SMARTS) is 1. The number of carbonyl (C=O) groups is 1. The maximum absolute atomic E-state index is 13.2. The lowest BCUT2D eigenvalue weighted by Gasteiger charge is -2.39. The van der Waals surface area contributed by atoms with Crippen molar-refractivity contribution in [3.8, 4) is 0 Å². The van der Waals surface area contributed by atoms with Crippen molar-refractivity contribution in [3.05, 3.63) is 11.8 Å². The molecule has 0 radical (unpaired) electrons. The summed E-state index contributed by atoms with van der Waals surface area (Å²) in [5.74, 6) is 0.233. The fraction of sp³-hybridized carbons (Fsp3) is 0.688. The first-order valence-electron chi connectivity index (χ1n) is 8.43. The Bertz CT molecular complexity index is 699. The van der Waals surface area contributed by atoms with Crippen molar-refractivity contribution in [2.45, 2.75) is 32.0 Å². The van der Waals surface area contributed by atoms with Gasteiger partial charge in [-0.2, -0.15) is 18.2 Å². The van der Waals surface area contributed by atoms with Crippen LogP contribution in [-0.2, 0) is 11.0 Å². The Morgan fingerprint density at radius 3 is 2.48 bits per heavy atom. The average molecular weight is 356 g/mol. The van der Waals surface area contributed by atoms with Crippen molar-refractivity contribution in [2.24, 2.45) is 17.8 Å². The average Bonchev–Trinajstić information content (AvgIpc) is 2.95. The van der Waals surface area contributed by atoms with Crippen molar-refractivity contribution < 1.29 is 23.1 Å². The van der Waals surface area contributed by atoms with E-state index < -0.39 is 17.8 Å². The van der Waals surface area contributed by atoms with E-state index in [-0.39, 0.29) is 42.0 Å². The minimum absolute atomic E-state index is 0.131. The van der Waals surface area contributed by atoms with E-state index in [4.69, 9.17) is 5.11 Å². The van der Waals surface area contributed by atoms with Crippen LogP contribution in [0, 0.1) is 17.8 Å². The lowest BCUT2D eigenvalue weighted by molar-refractivity contribution is -0.141. The highest BCUT2D eigenvalue weighted by atomic mass is 19.4. The molecule has 3 aliphatic rings. The van der Waals surface area contributed by atoms with Crippen LogP contribution in [0.3, 0.4) is 0 Å². The quantitative estimate of drug-likeness (QED) is 0.892. The first kappa shape index (κ1) is 16.4. The molecule has 0 amide bonds. The van der Waals surface area contributed by atoms with Crippen molar-refractivity contribution >= 4 is 17.7 Å². The third-order valence-electron chi connectivity index (χ3n) is 5.67. The smallest absolute Gasteiger partial charge is 0.433 e. The Kier molecular flexibility index (Phi) is 3.59. The maximum atomic E-state index is 13.2. The van der Waals surface area contributed by atoms with Crippen LogP contribution in [0.4, 0.5) is 24.9 Å². The summed E-state index contributed by atoms with van der Waals surface area (Å²) in [5, 5.41) is 8.88. The summed E-state index contributed by atoms with van der Waals surface area (Å²) >= 11 is 0. The van der Waals surface area contributed by atoms with Crippen LogP contribution < -0.4 is 9.80 Å². The van der Waals surface area contributed by atoms with Gasteiger partial charge in [-0.15, -0.1) is 0 Å². The molecule has 2 aliphatic heterocycles. The number of rotatable bonds is 4. The first-order valence-corrected chi connectivity index (χ1v) is 8.43. The second-order valence-electron chi connectivity index (χ2n) is 7.23. The van der Waals surface area contributed by atoms with Gasteiger partial charge in [0.05, 0.1) is 0 Å². The van der Waals surface area contributed by atoms with Crippen LogP contribution in [0.1, 0.15) is 25.5 Å². The number of carboxylic acids is 1. The van der Waals surface area contributed by atoms with Crippen LogP contribution in [-0.4, -0.2) is 46.7 Å². The molecule has 0 bridgehead atoms. The summed E-state index contributed by atoms with van der Waals surface area (Å²) < 4.78 is 39.6. The van der Waals surface area contributed by atoms with Gasteiger partial charge in [0.2, 0.25) is 5.95 Å². The third-order valence-corrected chi connectivity index (χ3v) is 5.67. The zero-order valence-corrected chi connectivity index (χ0v) is 13.7. The van der Waals surface area contributed by atoms with E-state index in [1.54, 1.807) is 4.90 Å². The van der Waals surface area contributed by atoms with Gasteiger partial charge in [0, 0.05) is 38.2 Å². The van der Waals surface area contributed by atoms with E-state index in [1.807, 2.05) is 11.8 Å². The van der Waals surface area contributed by atoms with Crippen molar-refractivity contribution in [3.63, 3.8) is 0 Å². The monoisotopic (exact) mass is 356 g/mol. The van der Waals surface area contributed by atoms with Gasteiger partial charge >= 0.3 is 12.1 Å². The van der Waals surface area contributed by atoms with Crippen LogP contribution in [0.5, 0.6) is 0 Å². The number of halogens is 3. The summed E-state index contributed by atoms with van der Waals surface area (Å²) in [7, 11) is 0. The number of aromatic nitrogens is 2. The molecule has 2 saturated heterocycles. The van der Waals surface area contributed by atoms with Gasteiger partial charge in [0.15, 0.2) is 5.69 Å². The molecule has 3 fully saturated rings. The number of hydrogen-bond acceptors (Lipinski definition) is 5. The fourth-order valence-electron chi connectivity index (χ4n) is 4.01. The second-order valence-corrected chi connectivity index (χ2v) is 7.23. The SMILES string of the molecule is C[C@H]1CCN1c1nc(N2C[C@@H]3[C@H](CC(=O)O)[C@@H]3C2)cc(C(F)(F)F)n1. The van der Waals surface area contributed by atoms with E-state index in [9.17, 15) is 18.0 Å². The van der Waals surface area contributed by atoms with Gasteiger partial charge < -0.3 is 14.9 Å². The van der Waals surface area contributed by atoms with Gasteiger partial charge in [0.25, 0.3) is 0 Å². The molecule has 1 aliphatic carbocycles. The van der Waals surface area contributed by atoms with Crippen molar-refractivity contribution in [2.75, 3.05) is 29.4 Å². The van der Waals surface area contributed by atoms with Crippen LogP contribution in [0.25, 0.3) is 0 Å². The van der Waals surface area contributed by atoms with Gasteiger partial charge in [-0.05, 0) is 31.1 Å². The molecule has 4 rings (SSSR count). The maximum Gasteiger partial charge on any atom is 0.433 e. The molecule has 0 aromatic carbocycles. The number of fused-ring (bicyclic) bond motifs is 1. The number of aliphatic carboxylic acids is 1. The lowest BCUT2D eigenvalue weighted by Crippen LogP contribution is -2.47. The molecule has 1 saturated carbocycles. The van der Waals surface area contributed by atoms with E-state index >= 15 is 0 Å². The Hall–Kier alpha value is -2.06. The minimum atomic E-state index is -4.52. The molecular formula is C16H19F3N4O2. The number of anilines is 2. The summed E-state index contributed by atoms with van der Waals surface area (Å²) in [6.07, 6.45) is -3.47. The molecule has 4 atom stereocenters. The molecule has 9 heteroatoms.